The van der Waals surface area contributed by atoms with Crippen molar-refractivity contribution in [1.29, 1.82) is 0 Å². The predicted molar refractivity (Wildman–Crippen MR) is 131 cm³/mol. The van der Waals surface area contributed by atoms with Gasteiger partial charge in [0.15, 0.2) is 0 Å². The zero-order valence-corrected chi connectivity index (χ0v) is 18.6. The number of hydrogen-bond donors (Lipinski definition) is 2. The molecule has 1 aliphatic rings. The first kappa shape index (κ1) is 21.4. The number of benzene rings is 3. The van der Waals surface area contributed by atoms with Crippen molar-refractivity contribution in [1.82, 2.24) is 15.2 Å². The zero-order chi connectivity index (χ0) is 22.5. The maximum atomic E-state index is 13.5. The largest absolute Gasteiger partial charge is 0.378 e. The normalized spacial score (nSPS) is 15.9. The first-order valence-corrected chi connectivity index (χ1v) is 11.6. The summed E-state index contributed by atoms with van der Waals surface area (Å²) in [5, 5.41) is 4.85. The first-order valence-electron chi connectivity index (χ1n) is 11.6. The number of hydrogen-bond acceptors (Lipinski definition) is 3. The molecular formula is C28H29N3O2. The van der Waals surface area contributed by atoms with E-state index in [-0.39, 0.29) is 11.8 Å². The van der Waals surface area contributed by atoms with Crippen LogP contribution in [0, 0.1) is 0 Å². The molecule has 1 amide bonds. The van der Waals surface area contributed by atoms with E-state index >= 15 is 0 Å². The number of para-hydroxylation sites is 1. The van der Waals surface area contributed by atoms with E-state index in [0.29, 0.717) is 32.8 Å². The maximum absolute atomic E-state index is 13.5. The first-order chi connectivity index (χ1) is 16.3. The highest BCUT2D eigenvalue weighted by Crippen LogP contribution is 2.31. The van der Waals surface area contributed by atoms with Gasteiger partial charge in [0.2, 0.25) is 5.91 Å². The Bertz CT molecular complexity index is 1180. The summed E-state index contributed by atoms with van der Waals surface area (Å²) < 4.78 is 5.46. The van der Waals surface area contributed by atoms with Gasteiger partial charge in [0.25, 0.3) is 0 Å². The Morgan fingerprint density at radius 3 is 2.24 bits per heavy atom. The average molecular weight is 440 g/mol. The molecule has 2 atom stereocenters. The molecule has 33 heavy (non-hydrogen) atoms. The molecule has 0 bridgehead atoms. The van der Waals surface area contributed by atoms with E-state index in [1.54, 1.807) is 0 Å². The van der Waals surface area contributed by atoms with Crippen molar-refractivity contribution in [2.75, 3.05) is 32.8 Å². The molecular weight excluding hydrogens is 410 g/mol. The second kappa shape index (κ2) is 10.0. The molecule has 2 N–H and O–H groups in total. The predicted octanol–water partition coefficient (Wildman–Crippen LogP) is 4.49. The number of H-pyrrole nitrogens is 1. The number of carbonyl (C=O) groups is 1. The fraction of sp³-hybridized carbons (Fsp3) is 0.250. The molecule has 5 rings (SSSR count). The molecule has 3 aromatic carbocycles. The van der Waals surface area contributed by atoms with Crippen LogP contribution in [-0.2, 0) is 9.53 Å². The number of morpholine rings is 1. The molecule has 5 heteroatoms. The van der Waals surface area contributed by atoms with Crippen LogP contribution in [0.5, 0.6) is 0 Å². The summed E-state index contributed by atoms with van der Waals surface area (Å²) in [5.74, 6) is 0.210. The molecule has 4 aromatic rings. The minimum Gasteiger partial charge on any atom is -0.378 e. The molecule has 1 saturated heterocycles. The van der Waals surface area contributed by atoms with Gasteiger partial charge in [-0.15, -0.1) is 0 Å². The topological polar surface area (TPSA) is 57.4 Å². The van der Waals surface area contributed by atoms with E-state index in [1.165, 1.54) is 16.5 Å². The Balaban J connectivity index is 1.46. The van der Waals surface area contributed by atoms with E-state index in [9.17, 15) is 4.79 Å². The van der Waals surface area contributed by atoms with Gasteiger partial charge < -0.3 is 19.9 Å². The number of aromatic nitrogens is 1. The quantitative estimate of drug-likeness (QED) is 0.446. The summed E-state index contributed by atoms with van der Waals surface area (Å²) in [7, 11) is 0. The van der Waals surface area contributed by atoms with Crippen LogP contribution >= 0.6 is 0 Å². The molecule has 1 aliphatic heterocycles. The maximum Gasteiger partial charge on any atom is 0.244 e. The van der Waals surface area contributed by atoms with Gasteiger partial charge >= 0.3 is 0 Å². The molecule has 5 nitrogen and oxygen atoms in total. The van der Waals surface area contributed by atoms with E-state index < -0.39 is 6.04 Å². The lowest BCUT2D eigenvalue weighted by Gasteiger charge is -2.32. The van der Waals surface area contributed by atoms with Crippen LogP contribution in [0.15, 0.2) is 91.1 Å². The van der Waals surface area contributed by atoms with Crippen LogP contribution in [0.25, 0.3) is 10.9 Å². The highest BCUT2D eigenvalue weighted by molar-refractivity contribution is 5.85. The van der Waals surface area contributed by atoms with E-state index in [4.69, 9.17) is 4.74 Å². The number of ether oxygens (including phenoxy) is 1. The molecule has 1 aromatic heterocycles. The van der Waals surface area contributed by atoms with Gasteiger partial charge in [-0.25, -0.2) is 0 Å². The van der Waals surface area contributed by atoms with Crippen LogP contribution in [-0.4, -0.2) is 48.6 Å². The fourth-order valence-electron chi connectivity index (χ4n) is 4.67. The van der Waals surface area contributed by atoms with E-state index in [1.807, 2.05) is 47.4 Å². The molecule has 168 valence electrons. The number of carbonyl (C=O) groups excluding carboxylic acids is 1. The molecule has 0 aliphatic carbocycles. The third-order valence-electron chi connectivity index (χ3n) is 6.43. The zero-order valence-electron chi connectivity index (χ0n) is 18.6. The molecule has 0 saturated carbocycles. The van der Waals surface area contributed by atoms with Gasteiger partial charge in [0, 0.05) is 42.7 Å². The fourth-order valence-corrected chi connectivity index (χ4v) is 4.67. The van der Waals surface area contributed by atoms with Gasteiger partial charge in [-0.2, -0.15) is 0 Å². The molecule has 0 unspecified atom stereocenters. The Morgan fingerprint density at radius 2 is 1.52 bits per heavy atom. The number of aromatic amines is 1. The number of nitrogens with one attached hydrogen (secondary N) is 2. The van der Waals surface area contributed by atoms with Crippen molar-refractivity contribution in [3.63, 3.8) is 0 Å². The number of amides is 1. The summed E-state index contributed by atoms with van der Waals surface area (Å²) in [4.78, 5) is 18.9. The summed E-state index contributed by atoms with van der Waals surface area (Å²) in [6.07, 6.45) is 2.10. The minimum atomic E-state index is -0.402. The van der Waals surface area contributed by atoms with Crippen molar-refractivity contribution >= 4 is 16.8 Å². The van der Waals surface area contributed by atoms with Crippen LogP contribution in [0.4, 0.5) is 0 Å². The van der Waals surface area contributed by atoms with Crippen molar-refractivity contribution in [2.24, 2.45) is 0 Å². The highest BCUT2D eigenvalue weighted by atomic mass is 16.5. The Labute approximate surface area is 194 Å². The van der Waals surface area contributed by atoms with Gasteiger partial charge in [0.1, 0.15) is 6.04 Å². The van der Waals surface area contributed by atoms with Crippen LogP contribution < -0.4 is 5.32 Å². The lowest BCUT2D eigenvalue weighted by Crippen LogP contribution is -2.47. The van der Waals surface area contributed by atoms with Gasteiger partial charge in [-0.3, -0.25) is 4.79 Å². The minimum absolute atomic E-state index is 0.103. The number of rotatable bonds is 7. The Morgan fingerprint density at radius 1 is 0.879 bits per heavy atom. The lowest BCUT2D eigenvalue weighted by atomic mass is 9.90. The van der Waals surface area contributed by atoms with Crippen molar-refractivity contribution < 1.29 is 9.53 Å². The van der Waals surface area contributed by atoms with Crippen molar-refractivity contribution in [3.8, 4) is 0 Å². The second-order valence-electron chi connectivity index (χ2n) is 8.44. The summed E-state index contributed by atoms with van der Waals surface area (Å²) in [6.45, 7) is 3.09. The van der Waals surface area contributed by atoms with Crippen molar-refractivity contribution in [3.05, 3.63) is 108 Å². The lowest BCUT2D eigenvalue weighted by molar-refractivity contribution is -0.137. The van der Waals surface area contributed by atoms with Gasteiger partial charge in [-0.05, 0) is 22.8 Å². The third-order valence-corrected chi connectivity index (χ3v) is 6.43. The third kappa shape index (κ3) is 4.70. The Kier molecular flexibility index (Phi) is 6.51. The monoisotopic (exact) mass is 439 g/mol. The molecule has 1 fully saturated rings. The Hall–Kier alpha value is -3.41. The van der Waals surface area contributed by atoms with Crippen LogP contribution in [0.2, 0.25) is 0 Å². The molecule has 0 spiro atoms. The standard InChI is InChI=1S/C28H29N3O2/c32-28(31-15-17-33-18-16-31)27(22-11-5-2-6-12-22)30-19-24(21-9-3-1-4-10-21)25-20-29-26-14-8-7-13-23(25)26/h1-14,20,24,27,29-30H,15-19H2/t24-,27-/m1/s1. The molecule has 2 heterocycles. The molecule has 0 radical (unpaired) electrons. The van der Waals surface area contributed by atoms with E-state index in [0.717, 1.165) is 11.1 Å². The van der Waals surface area contributed by atoms with Gasteiger partial charge in [0.05, 0.1) is 13.2 Å². The summed E-state index contributed by atoms with van der Waals surface area (Å²) >= 11 is 0. The second-order valence-corrected chi connectivity index (χ2v) is 8.44. The van der Waals surface area contributed by atoms with Crippen LogP contribution in [0.1, 0.15) is 28.7 Å². The van der Waals surface area contributed by atoms with E-state index in [2.05, 4.69) is 59.0 Å². The smallest absolute Gasteiger partial charge is 0.244 e. The summed E-state index contributed by atoms with van der Waals surface area (Å²) in [5.41, 5.74) is 4.56. The summed E-state index contributed by atoms with van der Waals surface area (Å²) in [6, 6.07) is 28.5. The average Bonchev–Trinajstić information content (AvgIpc) is 3.32. The van der Waals surface area contributed by atoms with Crippen molar-refractivity contribution in [2.45, 2.75) is 12.0 Å². The van der Waals surface area contributed by atoms with Gasteiger partial charge in [-0.1, -0.05) is 78.9 Å². The van der Waals surface area contributed by atoms with Crippen LogP contribution in [0.3, 0.4) is 0 Å². The number of fused-ring (bicyclic) bond motifs is 1. The number of nitrogens with zero attached hydrogens (tertiary/aromatic N) is 1. The SMILES string of the molecule is O=C([C@H](NC[C@H](c1ccccc1)c1c[nH]c2ccccc12)c1ccccc1)N1CCOCC1. The highest BCUT2D eigenvalue weighted by Gasteiger charge is 2.28.